The molecule has 0 aromatic heterocycles. The van der Waals surface area contributed by atoms with Gasteiger partial charge in [-0.3, -0.25) is 0 Å². The maximum atomic E-state index is 10.1. The Hall–Kier alpha value is -3.98. The first kappa shape index (κ1) is 44.2. The highest BCUT2D eigenvalue weighted by molar-refractivity contribution is 5.40. The summed E-state index contributed by atoms with van der Waals surface area (Å²) in [7, 11) is 0. The molecular formula is C50H68O2. The van der Waals surface area contributed by atoms with Crippen LogP contribution in [0.2, 0.25) is 0 Å². The summed E-state index contributed by atoms with van der Waals surface area (Å²) in [5.41, 5.74) is 12.4. The van der Waals surface area contributed by atoms with Crippen LogP contribution in [0.25, 0.3) is 0 Å². The van der Waals surface area contributed by atoms with Gasteiger partial charge in [-0.2, -0.15) is 0 Å². The van der Waals surface area contributed by atoms with E-state index in [1.165, 1.54) is 55.7 Å². The van der Waals surface area contributed by atoms with Crippen molar-refractivity contribution in [2.45, 2.75) is 121 Å². The van der Waals surface area contributed by atoms with Crippen molar-refractivity contribution in [2.24, 2.45) is 10.8 Å². The van der Waals surface area contributed by atoms with Crippen molar-refractivity contribution in [3.8, 4) is 0 Å². The molecule has 0 radical (unpaired) electrons. The molecule has 0 fully saturated rings. The Kier molecular flexibility index (Phi) is 18.3. The Bertz CT molecular complexity index is 1570. The van der Waals surface area contributed by atoms with Crippen molar-refractivity contribution in [3.63, 3.8) is 0 Å². The van der Waals surface area contributed by atoms with Gasteiger partial charge in [-0.15, -0.1) is 0 Å². The quantitative estimate of drug-likeness (QED) is 0.177. The van der Waals surface area contributed by atoms with Crippen LogP contribution in [0.1, 0.15) is 109 Å². The fraction of sp³-hybridized carbons (Fsp3) is 0.400. The molecule has 280 valence electrons. The molecule has 2 atom stereocenters. The van der Waals surface area contributed by atoms with Gasteiger partial charge in [0, 0.05) is 0 Å². The molecule has 2 heteroatoms. The zero-order chi connectivity index (χ0) is 38.9. The summed E-state index contributed by atoms with van der Waals surface area (Å²) >= 11 is 0. The van der Waals surface area contributed by atoms with E-state index >= 15 is 0 Å². The molecule has 2 rings (SSSR count). The molecular weight excluding hydrogens is 633 g/mol. The highest BCUT2D eigenvalue weighted by Crippen LogP contribution is 2.42. The lowest BCUT2D eigenvalue weighted by atomic mass is 9.71. The first-order valence-electron chi connectivity index (χ1n) is 18.9. The molecule has 0 aliphatic heterocycles. The molecule has 0 amide bonds. The summed E-state index contributed by atoms with van der Waals surface area (Å²) < 4.78 is 0. The molecule has 0 heterocycles. The molecule has 2 aliphatic rings. The van der Waals surface area contributed by atoms with Crippen LogP contribution in [-0.2, 0) is 0 Å². The van der Waals surface area contributed by atoms with Crippen molar-refractivity contribution in [1.82, 2.24) is 0 Å². The predicted molar refractivity (Wildman–Crippen MR) is 230 cm³/mol. The van der Waals surface area contributed by atoms with E-state index < -0.39 is 0 Å². The topological polar surface area (TPSA) is 40.5 Å². The zero-order valence-corrected chi connectivity index (χ0v) is 34.4. The lowest BCUT2D eigenvalue weighted by Gasteiger charge is -2.35. The van der Waals surface area contributed by atoms with Crippen molar-refractivity contribution in [1.29, 1.82) is 0 Å². The number of rotatable bonds is 14. The third kappa shape index (κ3) is 16.6. The minimum Gasteiger partial charge on any atom is -0.393 e. The smallest absolute Gasteiger partial charge is 0.0585 e. The van der Waals surface area contributed by atoms with Crippen LogP contribution in [0.3, 0.4) is 0 Å². The first-order chi connectivity index (χ1) is 24.4. The summed E-state index contributed by atoms with van der Waals surface area (Å²) in [4.78, 5) is 0. The van der Waals surface area contributed by atoms with Crippen LogP contribution in [0.15, 0.2) is 177 Å². The standard InChI is InChI=1S/C50H68O2/c1-37(21-15-23-39(3)25-17-27-41(5)29-31-47-43(7)33-45(51)35-49(47,9)10)19-13-14-20-38(2)22-16-24-40(4)26-18-28-42(6)30-32-48-44(8)34-46(52)36-50(48,11)12/h13-32,45-46,51-52H,33-36H2,1-12H3/b14-13+,21-15+,22-16+,25-17+,26-18+,31-29+,32-30+,37-19+,38-20+,39-23+,40-24+,41-27+,42-28+. The van der Waals surface area contributed by atoms with Crippen LogP contribution < -0.4 is 0 Å². The van der Waals surface area contributed by atoms with Gasteiger partial charge >= 0.3 is 0 Å². The second-order valence-corrected chi connectivity index (χ2v) is 16.2. The molecule has 2 unspecified atom stereocenters. The van der Waals surface area contributed by atoms with E-state index in [9.17, 15) is 10.2 Å². The van der Waals surface area contributed by atoms with Crippen molar-refractivity contribution in [3.05, 3.63) is 177 Å². The van der Waals surface area contributed by atoms with Crippen LogP contribution in [0.5, 0.6) is 0 Å². The number of aliphatic hydroxyl groups excluding tert-OH is 2. The molecule has 0 aromatic rings. The molecule has 52 heavy (non-hydrogen) atoms. The third-order valence-electron chi connectivity index (χ3n) is 9.68. The Balaban J connectivity index is 1.85. The van der Waals surface area contributed by atoms with Gasteiger partial charge in [0.1, 0.15) is 0 Å². The van der Waals surface area contributed by atoms with E-state index in [0.29, 0.717) is 0 Å². The zero-order valence-electron chi connectivity index (χ0n) is 34.4. The van der Waals surface area contributed by atoms with Gasteiger partial charge in [-0.25, -0.2) is 0 Å². The molecule has 0 bridgehead atoms. The summed E-state index contributed by atoms with van der Waals surface area (Å²) in [6.45, 7) is 25.8. The minimum absolute atomic E-state index is 0.000200. The van der Waals surface area contributed by atoms with Gasteiger partial charge < -0.3 is 10.2 Å². The number of hydrogen-bond acceptors (Lipinski definition) is 2. The van der Waals surface area contributed by atoms with Crippen molar-refractivity contribution in [2.75, 3.05) is 0 Å². The Morgan fingerprint density at radius 1 is 0.442 bits per heavy atom. The fourth-order valence-electron chi connectivity index (χ4n) is 6.94. The number of aliphatic hydroxyl groups is 2. The Labute approximate surface area is 318 Å². The third-order valence-corrected chi connectivity index (χ3v) is 9.68. The molecule has 0 saturated heterocycles. The van der Waals surface area contributed by atoms with Gasteiger partial charge in [0.25, 0.3) is 0 Å². The van der Waals surface area contributed by atoms with E-state index in [1.54, 1.807) is 0 Å². The SMILES string of the molecule is CC1=C(/C=C/C(C)=C/C=C/C(C)=C/C=C/C(C)=C/C=C/C=C(C)/C=C/C=C(C)/C=C/C=C(C)/C=C/C2=C(C)CC(O)CC2(C)C)C(C)(C)CC(O)C1. The number of allylic oxidation sites excluding steroid dienone is 28. The molecule has 0 spiro atoms. The van der Waals surface area contributed by atoms with E-state index in [0.717, 1.165) is 25.7 Å². The molecule has 2 nitrogen and oxygen atoms in total. The van der Waals surface area contributed by atoms with Crippen LogP contribution in [0, 0.1) is 10.8 Å². The van der Waals surface area contributed by atoms with Gasteiger partial charge in [0.15, 0.2) is 0 Å². The normalized spacial score (nSPS) is 23.6. The van der Waals surface area contributed by atoms with Gasteiger partial charge in [0.05, 0.1) is 12.2 Å². The molecule has 0 saturated carbocycles. The van der Waals surface area contributed by atoms with Crippen LogP contribution in [-0.4, -0.2) is 22.4 Å². The van der Waals surface area contributed by atoms with Gasteiger partial charge in [-0.05, 0) is 103 Å². The van der Waals surface area contributed by atoms with E-state index in [4.69, 9.17) is 0 Å². The van der Waals surface area contributed by atoms with Crippen molar-refractivity contribution >= 4 is 0 Å². The maximum absolute atomic E-state index is 10.1. The van der Waals surface area contributed by atoms with E-state index in [-0.39, 0.29) is 23.0 Å². The summed E-state index contributed by atoms with van der Waals surface area (Å²) in [6, 6.07) is 0. The average molecular weight is 701 g/mol. The van der Waals surface area contributed by atoms with Gasteiger partial charge in [0.2, 0.25) is 0 Å². The molecule has 2 aliphatic carbocycles. The van der Waals surface area contributed by atoms with E-state index in [1.807, 2.05) is 0 Å². The average Bonchev–Trinajstić information content (AvgIpc) is 3.01. The highest BCUT2D eigenvalue weighted by atomic mass is 16.3. The maximum Gasteiger partial charge on any atom is 0.0585 e. The summed E-state index contributed by atoms with van der Waals surface area (Å²) in [6.07, 6.45) is 45.3. The fourth-order valence-corrected chi connectivity index (χ4v) is 6.94. The monoisotopic (exact) mass is 701 g/mol. The van der Waals surface area contributed by atoms with E-state index in [2.05, 4.69) is 205 Å². The largest absolute Gasteiger partial charge is 0.393 e. The Morgan fingerprint density at radius 3 is 0.962 bits per heavy atom. The van der Waals surface area contributed by atoms with Crippen LogP contribution in [0.4, 0.5) is 0 Å². The van der Waals surface area contributed by atoms with Gasteiger partial charge in [-0.1, -0.05) is 194 Å². The minimum atomic E-state index is -0.231. The summed E-state index contributed by atoms with van der Waals surface area (Å²) in [5.74, 6) is 0. The van der Waals surface area contributed by atoms with Crippen LogP contribution >= 0.6 is 0 Å². The number of hydrogen-bond donors (Lipinski definition) is 2. The predicted octanol–water partition coefficient (Wildman–Crippen LogP) is 13.6. The Morgan fingerprint density at radius 2 is 0.692 bits per heavy atom. The molecule has 2 N–H and O–H groups in total. The second-order valence-electron chi connectivity index (χ2n) is 16.2. The lowest BCUT2D eigenvalue weighted by molar-refractivity contribution is 0.116. The molecule has 0 aromatic carbocycles. The lowest BCUT2D eigenvalue weighted by Crippen LogP contribution is -2.28. The summed E-state index contributed by atoms with van der Waals surface area (Å²) in [5, 5.41) is 20.3. The first-order valence-corrected chi connectivity index (χ1v) is 18.9. The second kappa shape index (κ2) is 21.5. The highest BCUT2D eigenvalue weighted by Gasteiger charge is 2.32. The van der Waals surface area contributed by atoms with Crippen molar-refractivity contribution < 1.29 is 10.2 Å².